The van der Waals surface area contributed by atoms with Crippen LogP contribution < -0.4 is 20.1 Å². The monoisotopic (exact) mass is 369 g/mol. The Labute approximate surface area is 160 Å². The highest BCUT2D eigenvalue weighted by atomic mass is 16.5. The molecule has 1 aromatic heterocycles. The second-order valence-corrected chi connectivity index (χ2v) is 6.82. The van der Waals surface area contributed by atoms with Gasteiger partial charge in [-0.1, -0.05) is 25.7 Å². The number of amides is 1. The standard InChI is InChI=1S/C21H27N3O3/c1-26-18-9-10-19(20(12-18)27-2)24-21(25)15-11-17(14-22-13-15)23-16-7-5-3-4-6-8-16/h9-14,16,23H,3-8H2,1-2H3,(H,24,25). The molecule has 6 nitrogen and oxygen atoms in total. The molecule has 0 bridgehead atoms. The molecule has 0 unspecified atom stereocenters. The van der Waals surface area contributed by atoms with Crippen molar-refractivity contribution in [2.45, 2.75) is 44.6 Å². The minimum absolute atomic E-state index is 0.226. The molecule has 3 rings (SSSR count). The van der Waals surface area contributed by atoms with Crippen molar-refractivity contribution in [1.82, 2.24) is 4.98 Å². The normalized spacial score (nSPS) is 14.9. The summed E-state index contributed by atoms with van der Waals surface area (Å²) in [6, 6.07) is 7.58. The molecule has 0 spiro atoms. The first-order valence-corrected chi connectivity index (χ1v) is 9.44. The summed E-state index contributed by atoms with van der Waals surface area (Å²) in [6.45, 7) is 0. The summed E-state index contributed by atoms with van der Waals surface area (Å²) in [5.74, 6) is 0.986. The van der Waals surface area contributed by atoms with Crippen molar-refractivity contribution in [3.63, 3.8) is 0 Å². The van der Waals surface area contributed by atoms with E-state index >= 15 is 0 Å². The number of pyridine rings is 1. The summed E-state index contributed by atoms with van der Waals surface area (Å²) in [7, 11) is 3.15. The molecule has 2 aromatic rings. The molecular weight excluding hydrogens is 342 g/mol. The minimum atomic E-state index is -0.226. The Morgan fingerprint density at radius 3 is 2.52 bits per heavy atom. The van der Waals surface area contributed by atoms with E-state index in [1.54, 1.807) is 44.8 Å². The molecule has 144 valence electrons. The van der Waals surface area contributed by atoms with E-state index in [2.05, 4.69) is 15.6 Å². The van der Waals surface area contributed by atoms with E-state index < -0.39 is 0 Å². The van der Waals surface area contributed by atoms with Crippen molar-refractivity contribution in [3.8, 4) is 11.5 Å². The average Bonchev–Trinajstić information content (AvgIpc) is 2.97. The van der Waals surface area contributed by atoms with Gasteiger partial charge >= 0.3 is 0 Å². The second kappa shape index (κ2) is 9.26. The first-order valence-electron chi connectivity index (χ1n) is 9.44. The molecule has 6 heteroatoms. The number of hydrogen-bond donors (Lipinski definition) is 2. The van der Waals surface area contributed by atoms with Crippen LogP contribution in [0.3, 0.4) is 0 Å². The number of benzene rings is 1. The Morgan fingerprint density at radius 1 is 1.04 bits per heavy atom. The number of rotatable bonds is 6. The maximum absolute atomic E-state index is 12.7. The summed E-state index contributed by atoms with van der Waals surface area (Å²) in [6.07, 6.45) is 10.8. The molecule has 1 saturated carbocycles. The molecule has 0 atom stereocenters. The van der Waals surface area contributed by atoms with Crippen molar-refractivity contribution in [2.24, 2.45) is 0 Å². The van der Waals surface area contributed by atoms with Crippen LogP contribution in [-0.4, -0.2) is 31.2 Å². The molecule has 1 aromatic carbocycles. The third kappa shape index (κ3) is 5.12. The minimum Gasteiger partial charge on any atom is -0.497 e. The van der Waals surface area contributed by atoms with Gasteiger partial charge in [0.2, 0.25) is 0 Å². The van der Waals surface area contributed by atoms with Crippen LogP contribution in [0.1, 0.15) is 48.9 Å². The van der Waals surface area contributed by atoms with Gasteiger partial charge in [0.1, 0.15) is 11.5 Å². The highest BCUT2D eigenvalue weighted by Crippen LogP contribution is 2.29. The molecule has 27 heavy (non-hydrogen) atoms. The summed E-state index contributed by atoms with van der Waals surface area (Å²) >= 11 is 0. The van der Waals surface area contributed by atoms with Crippen LogP contribution in [-0.2, 0) is 0 Å². The largest absolute Gasteiger partial charge is 0.497 e. The van der Waals surface area contributed by atoms with E-state index in [1.165, 1.54) is 38.5 Å². The molecular formula is C21H27N3O3. The molecule has 1 fully saturated rings. The van der Waals surface area contributed by atoms with Crippen molar-refractivity contribution >= 4 is 17.3 Å². The summed E-state index contributed by atoms with van der Waals surface area (Å²) in [4.78, 5) is 16.9. The molecule has 0 saturated heterocycles. The van der Waals surface area contributed by atoms with Crippen LogP contribution in [0.25, 0.3) is 0 Å². The number of anilines is 2. The van der Waals surface area contributed by atoms with Crippen LogP contribution in [0.2, 0.25) is 0 Å². The van der Waals surface area contributed by atoms with E-state index in [1.807, 2.05) is 6.07 Å². The molecule has 1 aliphatic rings. The number of aromatic nitrogens is 1. The van der Waals surface area contributed by atoms with Crippen molar-refractivity contribution < 1.29 is 14.3 Å². The number of carbonyl (C=O) groups is 1. The summed E-state index contributed by atoms with van der Waals surface area (Å²) in [5, 5.41) is 6.42. The zero-order valence-corrected chi connectivity index (χ0v) is 16.0. The van der Waals surface area contributed by atoms with Gasteiger partial charge in [-0.15, -0.1) is 0 Å². The van der Waals surface area contributed by atoms with E-state index in [9.17, 15) is 4.79 Å². The van der Waals surface area contributed by atoms with Crippen molar-refractivity contribution in [1.29, 1.82) is 0 Å². The van der Waals surface area contributed by atoms with Crippen LogP contribution in [0.15, 0.2) is 36.7 Å². The lowest BCUT2D eigenvalue weighted by Gasteiger charge is -2.18. The van der Waals surface area contributed by atoms with Crippen molar-refractivity contribution in [2.75, 3.05) is 24.9 Å². The fourth-order valence-corrected chi connectivity index (χ4v) is 3.40. The van der Waals surface area contributed by atoms with Gasteiger partial charge in [-0.2, -0.15) is 0 Å². The van der Waals surface area contributed by atoms with E-state index in [0.29, 0.717) is 28.8 Å². The number of methoxy groups -OCH3 is 2. The van der Waals surface area contributed by atoms with Crippen LogP contribution in [0.4, 0.5) is 11.4 Å². The summed E-state index contributed by atoms with van der Waals surface area (Å²) < 4.78 is 10.5. The van der Waals surface area contributed by atoms with Gasteiger partial charge in [0, 0.05) is 24.5 Å². The number of nitrogens with one attached hydrogen (secondary N) is 2. The fourth-order valence-electron chi connectivity index (χ4n) is 3.40. The number of hydrogen-bond acceptors (Lipinski definition) is 5. The number of carbonyl (C=O) groups excluding carboxylic acids is 1. The van der Waals surface area contributed by atoms with Gasteiger partial charge in [-0.25, -0.2) is 0 Å². The average molecular weight is 369 g/mol. The van der Waals surface area contributed by atoms with Crippen molar-refractivity contribution in [3.05, 3.63) is 42.2 Å². The fraction of sp³-hybridized carbons (Fsp3) is 0.429. The van der Waals surface area contributed by atoms with Gasteiger partial charge in [0.05, 0.1) is 31.2 Å². The SMILES string of the molecule is COc1ccc(NC(=O)c2cncc(NC3CCCCCC3)c2)c(OC)c1. The quantitative estimate of drug-likeness (QED) is 0.734. The molecule has 2 N–H and O–H groups in total. The Morgan fingerprint density at radius 2 is 1.81 bits per heavy atom. The van der Waals surface area contributed by atoms with E-state index in [0.717, 1.165) is 5.69 Å². The smallest absolute Gasteiger partial charge is 0.257 e. The lowest BCUT2D eigenvalue weighted by atomic mass is 10.1. The highest BCUT2D eigenvalue weighted by Gasteiger charge is 2.15. The maximum Gasteiger partial charge on any atom is 0.257 e. The van der Waals surface area contributed by atoms with Gasteiger partial charge in [-0.3, -0.25) is 9.78 Å². The lowest BCUT2D eigenvalue weighted by Crippen LogP contribution is -2.19. The van der Waals surface area contributed by atoms with Gasteiger partial charge < -0.3 is 20.1 Å². The second-order valence-electron chi connectivity index (χ2n) is 6.82. The Kier molecular flexibility index (Phi) is 6.52. The molecule has 1 heterocycles. The third-order valence-corrected chi connectivity index (χ3v) is 4.88. The Hall–Kier alpha value is -2.76. The predicted molar refractivity (Wildman–Crippen MR) is 107 cm³/mol. The number of ether oxygens (including phenoxy) is 2. The van der Waals surface area contributed by atoms with E-state index in [4.69, 9.17) is 9.47 Å². The van der Waals surface area contributed by atoms with E-state index in [-0.39, 0.29) is 5.91 Å². The van der Waals surface area contributed by atoms with Crippen LogP contribution in [0, 0.1) is 0 Å². The topological polar surface area (TPSA) is 72.5 Å². The molecule has 0 radical (unpaired) electrons. The molecule has 1 aliphatic carbocycles. The number of nitrogens with zero attached hydrogens (tertiary/aromatic N) is 1. The first kappa shape index (κ1) is 19.0. The maximum atomic E-state index is 12.7. The molecule has 1 amide bonds. The highest BCUT2D eigenvalue weighted by molar-refractivity contribution is 6.05. The predicted octanol–water partition coefficient (Wildman–Crippen LogP) is 4.49. The third-order valence-electron chi connectivity index (χ3n) is 4.88. The van der Waals surface area contributed by atoms with Gasteiger partial charge in [0.15, 0.2) is 0 Å². The van der Waals surface area contributed by atoms with Gasteiger partial charge in [-0.05, 0) is 31.0 Å². The van der Waals surface area contributed by atoms with Gasteiger partial charge in [0.25, 0.3) is 5.91 Å². The first-order chi connectivity index (χ1) is 13.2. The zero-order chi connectivity index (χ0) is 19.1. The Balaban J connectivity index is 1.70. The Bertz CT molecular complexity index is 771. The molecule has 0 aliphatic heterocycles. The zero-order valence-electron chi connectivity index (χ0n) is 16.0. The lowest BCUT2D eigenvalue weighted by molar-refractivity contribution is 0.102. The van der Waals surface area contributed by atoms with Crippen LogP contribution in [0.5, 0.6) is 11.5 Å². The summed E-state index contributed by atoms with van der Waals surface area (Å²) in [5.41, 5.74) is 1.98. The van der Waals surface area contributed by atoms with Crippen LogP contribution >= 0.6 is 0 Å².